The molecule has 0 radical (unpaired) electrons. The number of hydrogen-bond donors (Lipinski definition) is 1. The Hall–Kier alpha value is -2.67. The first-order valence-electron chi connectivity index (χ1n) is 7.74. The van der Waals surface area contributed by atoms with E-state index in [0.29, 0.717) is 16.6 Å². The van der Waals surface area contributed by atoms with Gasteiger partial charge in [-0.05, 0) is 37.6 Å². The van der Waals surface area contributed by atoms with Gasteiger partial charge < -0.3 is 9.72 Å². The summed E-state index contributed by atoms with van der Waals surface area (Å²) in [7, 11) is -1.98. The Balaban J connectivity index is 2.03. The number of benzene rings is 1. The van der Waals surface area contributed by atoms with Gasteiger partial charge in [-0.3, -0.25) is 0 Å². The highest BCUT2D eigenvalue weighted by Crippen LogP contribution is 2.26. The van der Waals surface area contributed by atoms with Crippen molar-refractivity contribution < 1.29 is 17.9 Å². The average molecular weight is 358 g/mol. The predicted molar refractivity (Wildman–Crippen MR) is 95.2 cm³/mol. The first kappa shape index (κ1) is 17.2. The molecule has 0 aliphatic heterocycles. The van der Waals surface area contributed by atoms with Crippen molar-refractivity contribution in [1.82, 2.24) is 9.97 Å². The fourth-order valence-electron chi connectivity index (χ4n) is 2.55. The van der Waals surface area contributed by atoms with Crippen molar-refractivity contribution in [3.63, 3.8) is 0 Å². The SMILES string of the molecule is COC(=O)c1c[nH]c2ncc(-c3ccc(S(=O)(=O)C(C)C)cc3)cc12. The summed E-state index contributed by atoms with van der Waals surface area (Å²) >= 11 is 0. The number of nitrogens with zero attached hydrogens (tertiary/aromatic N) is 1. The molecule has 0 spiro atoms. The van der Waals surface area contributed by atoms with Crippen LogP contribution in [0.4, 0.5) is 0 Å². The van der Waals surface area contributed by atoms with Gasteiger partial charge in [0.25, 0.3) is 0 Å². The zero-order valence-electron chi connectivity index (χ0n) is 14.1. The minimum Gasteiger partial charge on any atom is -0.465 e. The van der Waals surface area contributed by atoms with Crippen LogP contribution in [0.1, 0.15) is 24.2 Å². The Morgan fingerprint density at radius 2 is 1.84 bits per heavy atom. The second-order valence-corrected chi connectivity index (χ2v) is 8.44. The number of nitrogens with one attached hydrogen (secondary N) is 1. The molecule has 25 heavy (non-hydrogen) atoms. The van der Waals surface area contributed by atoms with Gasteiger partial charge in [0.2, 0.25) is 0 Å². The van der Waals surface area contributed by atoms with E-state index in [9.17, 15) is 13.2 Å². The van der Waals surface area contributed by atoms with E-state index in [0.717, 1.165) is 11.1 Å². The fourth-order valence-corrected chi connectivity index (χ4v) is 3.61. The lowest BCUT2D eigenvalue weighted by Gasteiger charge is -2.09. The second kappa shape index (κ2) is 6.33. The van der Waals surface area contributed by atoms with Gasteiger partial charge in [-0.1, -0.05) is 12.1 Å². The molecular weight excluding hydrogens is 340 g/mol. The molecule has 0 atom stereocenters. The fraction of sp³-hybridized carbons (Fsp3) is 0.222. The maximum absolute atomic E-state index is 12.2. The summed E-state index contributed by atoms with van der Waals surface area (Å²) in [5.41, 5.74) is 2.59. The van der Waals surface area contributed by atoms with Crippen LogP contribution in [0.5, 0.6) is 0 Å². The minimum absolute atomic E-state index is 0.289. The number of methoxy groups -OCH3 is 1. The van der Waals surface area contributed by atoms with Crippen LogP contribution in [0.15, 0.2) is 47.6 Å². The van der Waals surface area contributed by atoms with Crippen molar-refractivity contribution in [1.29, 1.82) is 0 Å². The zero-order valence-corrected chi connectivity index (χ0v) is 14.9. The van der Waals surface area contributed by atoms with E-state index in [1.54, 1.807) is 50.5 Å². The summed E-state index contributed by atoms with van der Waals surface area (Å²) in [6.07, 6.45) is 3.23. The van der Waals surface area contributed by atoms with Crippen molar-refractivity contribution in [2.24, 2.45) is 0 Å². The Morgan fingerprint density at radius 3 is 2.44 bits per heavy atom. The molecule has 6 nitrogen and oxygen atoms in total. The number of pyridine rings is 1. The summed E-state index contributed by atoms with van der Waals surface area (Å²) in [6.45, 7) is 3.31. The van der Waals surface area contributed by atoms with Crippen LogP contribution in [-0.2, 0) is 14.6 Å². The van der Waals surface area contributed by atoms with Crippen molar-refractivity contribution in [3.8, 4) is 11.1 Å². The maximum Gasteiger partial charge on any atom is 0.340 e. The summed E-state index contributed by atoms with van der Waals surface area (Å²) in [5.74, 6) is -0.441. The Labute approximate surface area is 145 Å². The van der Waals surface area contributed by atoms with Crippen molar-refractivity contribution in [2.75, 3.05) is 7.11 Å². The molecule has 0 amide bonds. The van der Waals surface area contributed by atoms with Gasteiger partial charge >= 0.3 is 5.97 Å². The number of aromatic amines is 1. The van der Waals surface area contributed by atoms with Crippen molar-refractivity contribution in [3.05, 3.63) is 48.3 Å². The normalized spacial score (nSPS) is 11.8. The van der Waals surface area contributed by atoms with E-state index < -0.39 is 21.1 Å². The molecule has 0 aliphatic carbocycles. The summed E-state index contributed by atoms with van der Waals surface area (Å²) in [6, 6.07) is 8.49. The van der Waals surface area contributed by atoms with Crippen LogP contribution in [0.3, 0.4) is 0 Å². The van der Waals surface area contributed by atoms with Crippen LogP contribution < -0.4 is 0 Å². The van der Waals surface area contributed by atoms with Crippen molar-refractivity contribution in [2.45, 2.75) is 24.0 Å². The van der Waals surface area contributed by atoms with Gasteiger partial charge in [0.05, 0.1) is 22.8 Å². The van der Waals surface area contributed by atoms with Gasteiger partial charge in [-0.25, -0.2) is 18.2 Å². The van der Waals surface area contributed by atoms with Gasteiger partial charge in [-0.15, -0.1) is 0 Å². The highest BCUT2D eigenvalue weighted by molar-refractivity contribution is 7.92. The number of sulfone groups is 1. The molecule has 1 N–H and O–H groups in total. The molecule has 3 rings (SSSR count). The number of fused-ring (bicyclic) bond motifs is 1. The summed E-state index contributed by atoms with van der Waals surface area (Å²) < 4.78 is 29.2. The molecule has 1 aromatic carbocycles. The maximum atomic E-state index is 12.2. The number of H-pyrrole nitrogens is 1. The molecule has 130 valence electrons. The number of carbonyl (C=O) groups excluding carboxylic acids is 1. The number of aromatic nitrogens is 2. The van der Waals surface area contributed by atoms with E-state index in [-0.39, 0.29) is 4.90 Å². The van der Waals surface area contributed by atoms with Gasteiger partial charge in [0.15, 0.2) is 9.84 Å². The van der Waals surface area contributed by atoms with E-state index in [4.69, 9.17) is 4.74 Å². The van der Waals surface area contributed by atoms with Crippen LogP contribution in [0.2, 0.25) is 0 Å². The van der Waals surface area contributed by atoms with Crippen molar-refractivity contribution >= 4 is 26.8 Å². The lowest BCUT2D eigenvalue weighted by molar-refractivity contribution is 0.0603. The second-order valence-electron chi connectivity index (χ2n) is 5.93. The third-order valence-corrected chi connectivity index (χ3v) is 6.24. The lowest BCUT2D eigenvalue weighted by Crippen LogP contribution is -2.13. The Kier molecular flexibility index (Phi) is 4.34. The van der Waals surface area contributed by atoms with Gasteiger partial charge in [0.1, 0.15) is 5.65 Å². The number of rotatable bonds is 4. The lowest BCUT2D eigenvalue weighted by atomic mass is 10.1. The Bertz CT molecular complexity index is 1030. The minimum atomic E-state index is -3.30. The highest BCUT2D eigenvalue weighted by Gasteiger charge is 2.19. The molecule has 0 unspecified atom stereocenters. The summed E-state index contributed by atoms with van der Waals surface area (Å²) in [4.78, 5) is 19.4. The molecule has 0 saturated heterocycles. The first-order valence-corrected chi connectivity index (χ1v) is 9.29. The molecule has 7 heteroatoms. The number of ether oxygens (including phenoxy) is 1. The van der Waals surface area contributed by atoms with E-state index >= 15 is 0 Å². The first-order chi connectivity index (χ1) is 11.8. The highest BCUT2D eigenvalue weighted by atomic mass is 32.2. The molecule has 0 fully saturated rings. The van der Waals surface area contributed by atoms with Crippen LogP contribution >= 0.6 is 0 Å². The molecule has 2 aromatic heterocycles. The van der Waals surface area contributed by atoms with E-state index in [1.807, 2.05) is 6.07 Å². The number of hydrogen-bond acceptors (Lipinski definition) is 5. The molecule has 3 aromatic rings. The average Bonchev–Trinajstić information content (AvgIpc) is 3.04. The molecule has 2 heterocycles. The monoisotopic (exact) mass is 358 g/mol. The van der Waals surface area contributed by atoms with Crippen LogP contribution in [-0.4, -0.2) is 36.7 Å². The largest absolute Gasteiger partial charge is 0.465 e. The van der Waals surface area contributed by atoms with Crippen LogP contribution in [0, 0.1) is 0 Å². The standard InChI is InChI=1S/C18H18N2O4S/c1-11(2)25(22,23)14-6-4-12(5-7-14)13-8-15-16(18(21)24-3)10-20-17(15)19-9-13/h4-11H,1-3H3,(H,19,20). The number of esters is 1. The smallest absolute Gasteiger partial charge is 0.340 e. The van der Waals surface area contributed by atoms with Gasteiger partial charge in [0, 0.05) is 23.3 Å². The molecular formula is C18H18N2O4S. The Morgan fingerprint density at radius 1 is 1.16 bits per heavy atom. The van der Waals surface area contributed by atoms with E-state index in [2.05, 4.69) is 9.97 Å². The molecule has 0 aliphatic rings. The molecule has 0 saturated carbocycles. The third kappa shape index (κ3) is 3.02. The van der Waals surface area contributed by atoms with Crippen LogP contribution in [0.25, 0.3) is 22.2 Å². The zero-order chi connectivity index (χ0) is 18.2. The number of carbonyl (C=O) groups is 1. The van der Waals surface area contributed by atoms with E-state index in [1.165, 1.54) is 7.11 Å². The third-order valence-electron chi connectivity index (χ3n) is 4.07. The predicted octanol–water partition coefficient (Wildman–Crippen LogP) is 3.20. The topological polar surface area (TPSA) is 89.1 Å². The quantitative estimate of drug-likeness (QED) is 0.724. The van der Waals surface area contributed by atoms with Gasteiger partial charge in [-0.2, -0.15) is 0 Å². The summed E-state index contributed by atoms with van der Waals surface area (Å²) in [5, 5.41) is 0.182. The molecule has 0 bridgehead atoms.